The average Bonchev–Trinajstić information content (AvgIpc) is 3.13. The Kier molecular flexibility index (Phi) is 2.54. The number of hydrogen-bond acceptors (Lipinski definition) is 3. The first-order chi connectivity index (χ1) is 7.83. The summed E-state index contributed by atoms with van der Waals surface area (Å²) in [5.74, 6) is 2.46. The van der Waals surface area contributed by atoms with Crippen LogP contribution < -0.4 is 4.90 Å². The van der Waals surface area contributed by atoms with Gasteiger partial charge in [0.25, 0.3) is 0 Å². The van der Waals surface area contributed by atoms with E-state index in [9.17, 15) is 0 Å². The molecule has 3 rings (SSSR count). The summed E-state index contributed by atoms with van der Waals surface area (Å²) in [4.78, 5) is 11.3. The summed E-state index contributed by atoms with van der Waals surface area (Å²) >= 11 is 0. The maximum Gasteiger partial charge on any atom is 0.225 e. The molecule has 1 aliphatic carbocycles. The maximum absolute atomic E-state index is 4.51. The SMILES string of the molecule is CC1CCCN(c2ncc(C3CC3)cn2)C1. The van der Waals surface area contributed by atoms with Crippen LogP contribution in [0.15, 0.2) is 12.4 Å². The Bertz CT molecular complexity index is 356. The molecule has 2 heterocycles. The molecule has 2 fully saturated rings. The van der Waals surface area contributed by atoms with Crippen molar-refractivity contribution in [1.29, 1.82) is 0 Å². The zero-order chi connectivity index (χ0) is 11.0. The molecule has 1 aromatic heterocycles. The van der Waals surface area contributed by atoms with Gasteiger partial charge in [-0.2, -0.15) is 0 Å². The standard InChI is InChI=1S/C13H19N3/c1-10-3-2-6-16(9-10)13-14-7-12(8-15-13)11-4-5-11/h7-8,10-11H,2-6,9H2,1H3. The summed E-state index contributed by atoms with van der Waals surface area (Å²) in [6, 6.07) is 0. The van der Waals surface area contributed by atoms with Gasteiger partial charge in [0.15, 0.2) is 0 Å². The second kappa shape index (κ2) is 4.04. The number of piperidine rings is 1. The Morgan fingerprint density at radius 1 is 1.19 bits per heavy atom. The Morgan fingerprint density at radius 3 is 2.56 bits per heavy atom. The van der Waals surface area contributed by atoms with E-state index in [1.54, 1.807) is 0 Å². The minimum atomic E-state index is 0.759. The zero-order valence-electron chi connectivity index (χ0n) is 9.89. The molecule has 1 unspecified atom stereocenters. The van der Waals surface area contributed by atoms with E-state index in [4.69, 9.17) is 0 Å². The van der Waals surface area contributed by atoms with Crippen LogP contribution in [0.5, 0.6) is 0 Å². The first-order valence-corrected chi connectivity index (χ1v) is 6.40. The van der Waals surface area contributed by atoms with Gasteiger partial charge in [-0.3, -0.25) is 0 Å². The largest absolute Gasteiger partial charge is 0.341 e. The molecule has 1 aliphatic heterocycles. The lowest BCUT2D eigenvalue weighted by atomic mass is 10.0. The van der Waals surface area contributed by atoms with Gasteiger partial charge in [0.2, 0.25) is 5.95 Å². The van der Waals surface area contributed by atoms with Crippen LogP contribution in [0.3, 0.4) is 0 Å². The maximum atomic E-state index is 4.51. The first-order valence-electron chi connectivity index (χ1n) is 6.40. The molecule has 1 saturated heterocycles. The van der Waals surface area contributed by atoms with E-state index in [2.05, 4.69) is 21.8 Å². The third-order valence-corrected chi connectivity index (χ3v) is 3.65. The van der Waals surface area contributed by atoms with Gasteiger partial charge in [-0.05, 0) is 43.1 Å². The molecule has 0 N–H and O–H groups in total. The first kappa shape index (κ1) is 10.1. The van der Waals surface area contributed by atoms with Crippen molar-refractivity contribution in [2.75, 3.05) is 18.0 Å². The van der Waals surface area contributed by atoms with Crippen molar-refractivity contribution in [3.8, 4) is 0 Å². The van der Waals surface area contributed by atoms with E-state index in [-0.39, 0.29) is 0 Å². The number of nitrogens with zero attached hydrogens (tertiary/aromatic N) is 3. The monoisotopic (exact) mass is 217 g/mol. The van der Waals surface area contributed by atoms with Crippen molar-refractivity contribution in [3.05, 3.63) is 18.0 Å². The van der Waals surface area contributed by atoms with Gasteiger partial charge in [0.1, 0.15) is 0 Å². The Hall–Kier alpha value is -1.12. The van der Waals surface area contributed by atoms with Gasteiger partial charge in [0, 0.05) is 25.5 Å². The van der Waals surface area contributed by atoms with Gasteiger partial charge in [-0.25, -0.2) is 9.97 Å². The summed E-state index contributed by atoms with van der Waals surface area (Å²) < 4.78 is 0. The van der Waals surface area contributed by atoms with E-state index in [0.717, 1.165) is 30.9 Å². The quantitative estimate of drug-likeness (QED) is 0.762. The van der Waals surface area contributed by atoms with Crippen molar-refractivity contribution in [1.82, 2.24) is 9.97 Å². The van der Waals surface area contributed by atoms with Gasteiger partial charge in [0.05, 0.1) is 0 Å². The van der Waals surface area contributed by atoms with Crippen molar-refractivity contribution in [2.24, 2.45) is 5.92 Å². The fraction of sp³-hybridized carbons (Fsp3) is 0.692. The van der Waals surface area contributed by atoms with Crippen LogP contribution in [-0.2, 0) is 0 Å². The van der Waals surface area contributed by atoms with E-state index in [0.29, 0.717) is 0 Å². The predicted molar refractivity (Wildman–Crippen MR) is 64.6 cm³/mol. The molecule has 86 valence electrons. The highest BCUT2D eigenvalue weighted by molar-refractivity contribution is 5.32. The van der Waals surface area contributed by atoms with Crippen LogP contribution in [-0.4, -0.2) is 23.1 Å². The van der Waals surface area contributed by atoms with Crippen LogP contribution in [0.25, 0.3) is 0 Å². The molecule has 2 aliphatic rings. The Balaban J connectivity index is 1.72. The number of anilines is 1. The van der Waals surface area contributed by atoms with Crippen molar-refractivity contribution >= 4 is 5.95 Å². The molecule has 0 radical (unpaired) electrons. The predicted octanol–water partition coefficient (Wildman–Crippen LogP) is 2.59. The third kappa shape index (κ3) is 2.04. The summed E-state index contributed by atoms with van der Waals surface area (Å²) in [7, 11) is 0. The highest BCUT2D eigenvalue weighted by Gasteiger charge is 2.25. The van der Waals surface area contributed by atoms with Crippen molar-refractivity contribution in [2.45, 2.75) is 38.5 Å². The molecule has 1 atom stereocenters. The molecule has 3 heteroatoms. The van der Waals surface area contributed by atoms with Gasteiger partial charge in [-0.15, -0.1) is 0 Å². The highest BCUT2D eigenvalue weighted by atomic mass is 15.2. The van der Waals surface area contributed by atoms with Crippen molar-refractivity contribution < 1.29 is 0 Å². The number of rotatable bonds is 2. The van der Waals surface area contributed by atoms with Crippen molar-refractivity contribution in [3.63, 3.8) is 0 Å². The molecule has 1 aromatic rings. The van der Waals surface area contributed by atoms with Crippen LogP contribution >= 0.6 is 0 Å². The zero-order valence-corrected chi connectivity index (χ0v) is 9.89. The lowest BCUT2D eigenvalue weighted by Gasteiger charge is -2.30. The molecule has 0 bridgehead atoms. The van der Waals surface area contributed by atoms with E-state index in [1.807, 2.05) is 12.4 Å². The lowest BCUT2D eigenvalue weighted by Crippen LogP contribution is -2.35. The minimum Gasteiger partial charge on any atom is -0.341 e. The Morgan fingerprint density at radius 2 is 1.94 bits per heavy atom. The topological polar surface area (TPSA) is 29.0 Å². The van der Waals surface area contributed by atoms with Crippen LogP contribution in [0.4, 0.5) is 5.95 Å². The summed E-state index contributed by atoms with van der Waals surface area (Å²) in [6.45, 7) is 4.54. The summed E-state index contributed by atoms with van der Waals surface area (Å²) in [5.41, 5.74) is 1.33. The fourth-order valence-corrected chi connectivity index (χ4v) is 2.49. The molecule has 0 amide bonds. The minimum absolute atomic E-state index is 0.759. The molecular formula is C13H19N3. The van der Waals surface area contributed by atoms with E-state index in [1.165, 1.54) is 31.2 Å². The second-order valence-electron chi connectivity index (χ2n) is 5.28. The van der Waals surface area contributed by atoms with Gasteiger partial charge in [-0.1, -0.05) is 6.92 Å². The lowest BCUT2D eigenvalue weighted by molar-refractivity contribution is 0.442. The Labute approximate surface area is 96.9 Å². The molecular weight excluding hydrogens is 198 g/mol. The summed E-state index contributed by atoms with van der Waals surface area (Å²) in [5, 5.41) is 0. The van der Waals surface area contributed by atoms with E-state index >= 15 is 0 Å². The molecule has 3 nitrogen and oxygen atoms in total. The number of aromatic nitrogens is 2. The van der Waals surface area contributed by atoms with Crippen LogP contribution in [0.1, 0.15) is 44.1 Å². The van der Waals surface area contributed by atoms with Crippen LogP contribution in [0.2, 0.25) is 0 Å². The smallest absolute Gasteiger partial charge is 0.225 e. The highest BCUT2D eigenvalue weighted by Crippen LogP contribution is 2.39. The van der Waals surface area contributed by atoms with E-state index < -0.39 is 0 Å². The molecule has 16 heavy (non-hydrogen) atoms. The normalized spacial score (nSPS) is 25.8. The summed E-state index contributed by atoms with van der Waals surface area (Å²) in [6.07, 6.45) is 9.32. The molecule has 0 aromatic carbocycles. The average molecular weight is 217 g/mol. The van der Waals surface area contributed by atoms with Gasteiger partial charge < -0.3 is 4.90 Å². The van der Waals surface area contributed by atoms with Gasteiger partial charge >= 0.3 is 0 Å². The third-order valence-electron chi connectivity index (χ3n) is 3.65. The second-order valence-corrected chi connectivity index (χ2v) is 5.28. The number of hydrogen-bond donors (Lipinski definition) is 0. The molecule has 0 spiro atoms. The fourth-order valence-electron chi connectivity index (χ4n) is 2.49. The molecule has 1 saturated carbocycles. The van der Waals surface area contributed by atoms with Crippen LogP contribution in [0, 0.1) is 5.92 Å².